The first-order valence-corrected chi connectivity index (χ1v) is 9.92. The Labute approximate surface area is 183 Å². The molecule has 1 heterocycles. The lowest BCUT2D eigenvalue weighted by Gasteiger charge is -2.30. The summed E-state index contributed by atoms with van der Waals surface area (Å²) in [4.78, 5) is 47.5. The van der Waals surface area contributed by atoms with Crippen molar-refractivity contribution in [2.75, 3.05) is 6.54 Å². The molecule has 1 aromatic rings. The third-order valence-corrected chi connectivity index (χ3v) is 4.72. The zero-order valence-electron chi connectivity index (χ0n) is 16.3. The number of hydrogen-bond donors (Lipinski definition) is 3. The second-order valence-electron chi connectivity index (χ2n) is 7.14. The van der Waals surface area contributed by atoms with Gasteiger partial charge in [0, 0.05) is 5.02 Å². The molecule has 1 aromatic carbocycles. The molecule has 2 amide bonds. The van der Waals surface area contributed by atoms with Crippen LogP contribution in [0.25, 0.3) is 0 Å². The predicted molar refractivity (Wildman–Crippen MR) is 109 cm³/mol. The van der Waals surface area contributed by atoms with Crippen LogP contribution in [-0.4, -0.2) is 54.6 Å². The summed E-state index contributed by atoms with van der Waals surface area (Å²) in [7, 11) is -1.25. The number of aliphatic carboxylic acids is 1. The van der Waals surface area contributed by atoms with Crippen molar-refractivity contribution in [2.45, 2.75) is 38.7 Å². The van der Waals surface area contributed by atoms with Crippen LogP contribution in [0.5, 0.6) is 0 Å². The Morgan fingerprint density at radius 3 is 2.63 bits per heavy atom. The van der Waals surface area contributed by atoms with Crippen molar-refractivity contribution in [3.05, 3.63) is 33.8 Å². The summed E-state index contributed by atoms with van der Waals surface area (Å²) in [5.74, 6) is -3.92. The molecule has 2 rings (SSSR count). The number of hydrogen-bond acceptors (Lipinski definition) is 6. The highest BCUT2D eigenvalue weighted by molar-refractivity contribution is 6.50. The quantitative estimate of drug-likeness (QED) is 0.505. The minimum atomic E-state index is -1.35. The largest absolute Gasteiger partial charge is 0.551 e. The molecule has 1 saturated heterocycles. The van der Waals surface area contributed by atoms with Gasteiger partial charge in [0.1, 0.15) is 0 Å². The first-order valence-electron chi connectivity index (χ1n) is 9.17. The Morgan fingerprint density at radius 2 is 2.00 bits per heavy atom. The molecule has 0 saturated carbocycles. The first kappa shape index (κ1) is 24.0. The molecule has 3 N–H and O–H groups in total. The molecule has 162 valence electrons. The zero-order chi connectivity index (χ0) is 22.4. The number of rotatable bonds is 8. The van der Waals surface area contributed by atoms with Gasteiger partial charge >= 0.3 is 13.1 Å². The highest BCUT2D eigenvalue weighted by Gasteiger charge is 2.44. The van der Waals surface area contributed by atoms with Crippen LogP contribution in [0.15, 0.2) is 18.2 Å². The first-order chi connectivity index (χ1) is 14.1. The molecule has 1 aliphatic rings. The van der Waals surface area contributed by atoms with Crippen LogP contribution >= 0.6 is 23.2 Å². The monoisotopic (exact) mass is 458 g/mol. The van der Waals surface area contributed by atoms with E-state index in [1.165, 1.54) is 18.2 Å². The van der Waals surface area contributed by atoms with E-state index in [0.29, 0.717) is 11.4 Å². The second-order valence-corrected chi connectivity index (χ2v) is 7.98. The Bertz CT molecular complexity index is 837. The fourth-order valence-electron chi connectivity index (χ4n) is 2.82. The molecule has 12 heteroatoms. The topological polar surface area (TPSA) is 131 Å². The van der Waals surface area contributed by atoms with Gasteiger partial charge in [-0.2, -0.15) is 0 Å². The van der Waals surface area contributed by atoms with E-state index in [0.717, 1.165) is 0 Å². The molecule has 0 aromatic heterocycles. The third kappa shape index (κ3) is 6.89. The lowest BCUT2D eigenvalue weighted by atomic mass is 9.72. The normalized spacial score (nSPS) is 17.3. The lowest BCUT2D eigenvalue weighted by Crippen LogP contribution is -2.56. The molecule has 0 spiro atoms. The molecule has 0 radical (unpaired) electrons. The molecular formula is C18H21BCl2N2O7. The van der Waals surface area contributed by atoms with Gasteiger partial charge in [-0.1, -0.05) is 37.0 Å². The Hall–Kier alpha value is -2.30. The fourth-order valence-corrected chi connectivity index (χ4v) is 3.20. The summed E-state index contributed by atoms with van der Waals surface area (Å²) in [5.41, 5.74) is 0.115. The van der Waals surface area contributed by atoms with Gasteiger partial charge in [-0.25, -0.2) is 4.79 Å². The van der Waals surface area contributed by atoms with Gasteiger partial charge in [-0.3, -0.25) is 14.4 Å². The van der Waals surface area contributed by atoms with E-state index in [2.05, 4.69) is 10.6 Å². The summed E-state index contributed by atoms with van der Waals surface area (Å²) in [6.45, 7) is 3.36. The lowest BCUT2D eigenvalue weighted by molar-refractivity contribution is -0.157. The summed E-state index contributed by atoms with van der Waals surface area (Å²) in [6.07, 6.45) is -1.41. The van der Waals surface area contributed by atoms with Gasteiger partial charge in [-0.15, -0.1) is 0 Å². The van der Waals surface area contributed by atoms with E-state index in [4.69, 9.17) is 37.6 Å². The number of carbonyl (C=O) groups is 4. The predicted octanol–water partition coefficient (Wildman–Crippen LogP) is 1.70. The Kier molecular flexibility index (Phi) is 8.51. The van der Waals surface area contributed by atoms with Crippen LogP contribution in [-0.2, 0) is 23.7 Å². The summed E-state index contributed by atoms with van der Waals surface area (Å²) < 4.78 is 10.4. The zero-order valence-corrected chi connectivity index (χ0v) is 17.8. The number of benzene rings is 1. The fraction of sp³-hybridized carbons (Fsp3) is 0.444. The van der Waals surface area contributed by atoms with Crippen LogP contribution in [0.2, 0.25) is 10.0 Å². The average Bonchev–Trinajstić information content (AvgIpc) is 2.66. The van der Waals surface area contributed by atoms with Crippen molar-refractivity contribution in [1.29, 1.82) is 0 Å². The van der Waals surface area contributed by atoms with Gasteiger partial charge in [0.2, 0.25) is 5.91 Å². The van der Waals surface area contributed by atoms with E-state index in [9.17, 15) is 19.2 Å². The van der Waals surface area contributed by atoms with Crippen LogP contribution < -0.4 is 10.6 Å². The second kappa shape index (κ2) is 10.6. The highest BCUT2D eigenvalue weighted by atomic mass is 35.5. The highest BCUT2D eigenvalue weighted by Crippen LogP contribution is 2.20. The minimum absolute atomic E-state index is 0.0719. The van der Waals surface area contributed by atoms with E-state index >= 15 is 0 Å². The number of carbonyl (C=O) groups excluding carboxylic acids is 3. The smallest absolute Gasteiger partial charge is 0.508 e. The Balaban J connectivity index is 2.01. The molecule has 1 unspecified atom stereocenters. The SMILES string of the molecule is CC(C)C[C@H](NC(=O)CNC(=O)c1cc(Cl)ccc1Cl)B1OC(=O)CC(C(=O)O)O1. The van der Waals surface area contributed by atoms with E-state index in [-0.39, 0.29) is 23.0 Å². The number of halogens is 2. The summed E-state index contributed by atoms with van der Waals surface area (Å²) >= 11 is 11.8. The van der Waals surface area contributed by atoms with Gasteiger partial charge in [0.05, 0.1) is 29.5 Å². The number of nitrogens with one attached hydrogen (secondary N) is 2. The van der Waals surface area contributed by atoms with Crippen molar-refractivity contribution in [1.82, 2.24) is 10.6 Å². The summed E-state index contributed by atoms with van der Waals surface area (Å²) in [5, 5.41) is 14.7. The van der Waals surface area contributed by atoms with Crippen molar-refractivity contribution in [2.24, 2.45) is 5.92 Å². The van der Waals surface area contributed by atoms with Crippen LogP contribution in [0, 0.1) is 5.92 Å². The standard InChI is InChI=1S/C18H21BCl2N2O7/c1-9(2)5-14(19-29-13(18(27)28)7-16(25)30-19)23-15(24)8-22-17(26)11-6-10(20)3-4-12(11)21/h3-4,6,9,13-14H,5,7-8H2,1-2H3,(H,22,26)(H,23,24)(H,27,28)/t13?,14-/m0/s1. The van der Waals surface area contributed by atoms with Crippen LogP contribution in [0.4, 0.5) is 0 Å². The van der Waals surface area contributed by atoms with E-state index in [1.807, 2.05) is 13.8 Å². The molecule has 1 aliphatic heterocycles. The van der Waals surface area contributed by atoms with E-state index < -0.39 is 49.3 Å². The third-order valence-electron chi connectivity index (χ3n) is 4.16. The molecule has 2 atom stereocenters. The maximum absolute atomic E-state index is 12.4. The van der Waals surface area contributed by atoms with Crippen molar-refractivity contribution < 1.29 is 33.6 Å². The maximum Gasteiger partial charge on any atom is 0.551 e. The van der Waals surface area contributed by atoms with Crippen LogP contribution in [0.1, 0.15) is 37.0 Å². The molecule has 0 bridgehead atoms. The Morgan fingerprint density at radius 1 is 1.30 bits per heavy atom. The number of carboxylic acid groups (broad SMARTS) is 1. The molecular weight excluding hydrogens is 438 g/mol. The van der Waals surface area contributed by atoms with Gasteiger partial charge in [0.15, 0.2) is 6.10 Å². The number of carboxylic acids is 1. The van der Waals surface area contributed by atoms with E-state index in [1.54, 1.807) is 0 Å². The minimum Gasteiger partial charge on any atom is -0.508 e. The maximum atomic E-state index is 12.4. The van der Waals surface area contributed by atoms with Crippen molar-refractivity contribution in [3.63, 3.8) is 0 Å². The summed E-state index contributed by atoms with van der Waals surface area (Å²) in [6, 6.07) is 4.37. The number of amides is 2. The molecule has 30 heavy (non-hydrogen) atoms. The molecule has 9 nitrogen and oxygen atoms in total. The van der Waals surface area contributed by atoms with Gasteiger partial charge < -0.3 is 25.0 Å². The van der Waals surface area contributed by atoms with Crippen molar-refractivity contribution in [3.8, 4) is 0 Å². The van der Waals surface area contributed by atoms with Crippen LogP contribution in [0.3, 0.4) is 0 Å². The molecule has 1 fully saturated rings. The van der Waals surface area contributed by atoms with Gasteiger partial charge in [0.25, 0.3) is 11.9 Å². The van der Waals surface area contributed by atoms with Crippen molar-refractivity contribution >= 4 is 54.1 Å². The van der Waals surface area contributed by atoms with Gasteiger partial charge in [-0.05, 0) is 30.5 Å². The molecule has 0 aliphatic carbocycles. The average molecular weight is 459 g/mol.